The minimum absolute atomic E-state index is 0.0118. The molecular formula is C22H22BrNO7. The number of fused-ring (bicyclic) bond motifs is 1. The number of ketones is 1. The first-order valence-electron chi connectivity index (χ1n) is 9.77. The van der Waals surface area contributed by atoms with Gasteiger partial charge in [0.1, 0.15) is 19.0 Å². The maximum absolute atomic E-state index is 12.2. The van der Waals surface area contributed by atoms with E-state index in [2.05, 4.69) is 21.2 Å². The first-order valence-corrected chi connectivity index (χ1v) is 10.6. The highest BCUT2D eigenvalue weighted by atomic mass is 79.9. The summed E-state index contributed by atoms with van der Waals surface area (Å²) in [4.78, 5) is 36.2. The molecule has 8 nitrogen and oxygen atoms in total. The first-order chi connectivity index (χ1) is 15.0. The third-order valence-corrected chi connectivity index (χ3v) is 4.97. The number of carbonyl (C=O) groups is 3. The lowest BCUT2D eigenvalue weighted by molar-refractivity contribution is -0.147. The highest BCUT2D eigenvalue weighted by Gasteiger charge is 2.17. The SMILES string of the molecule is CCOc1ccc(C(=O)CCC(=O)OCC(=O)Nc2cc3c(cc2Br)OCCO3)cc1. The summed E-state index contributed by atoms with van der Waals surface area (Å²) < 4.78 is 21.9. The number of hydrogen-bond acceptors (Lipinski definition) is 7. The molecule has 9 heteroatoms. The maximum Gasteiger partial charge on any atom is 0.306 e. The third kappa shape index (κ3) is 6.45. The molecule has 1 N–H and O–H groups in total. The fourth-order valence-corrected chi connectivity index (χ4v) is 3.25. The van der Waals surface area contributed by atoms with Crippen molar-refractivity contribution in [3.63, 3.8) is 0 Å². The quantitative estimate of drug-likeness (QED) is 0.420. The van der Waals surface area contributed by atoms with Gasteiger partial charge in [-0.1, -0.05) is 0 Å². The largest absolute Gasteiger partial charge is 0.494 e. The van der Waals surface area contributed by atoms with Crippen molar-refractivity contribution in [2.75, 3.05) is 31.7 Å². The van der Waals surface area contributed by atoms with E-state index in [0.717, 1.165) is 0 Å². The standard InChI is InChI=1S/C22H22BrNO7/c1-2-28-15-5-3-14(4-6-15)18(25)7-8-22(27)31-13-21(26)24-17-12-20-19(11-16(17)23)29-9-10-30-20/h3-6,11-12H,2,7-10,13H2,1H3,(H,24,26). The summed E-state index contributed by atoms with van der Waals surface area (Å²) in [6.07, 6.45) is -0.130. The monoisotopic (exact) mass is 491 g/mol. The van der Waals surface area contributed by atoms with Crippen LogP contribution < -0.4 is 19.5 Å². The van der Waals surface area contributed by atoms with Crippen LogP contribution in [-0.2, 0) is 14.3 Å². The molecule has 1 aliphatic heterocycles. The minimum atomic E-state index is -0.629. The van der Waals surface area contributed by atoms with Crippen molar-refractivity contribution in [3.8, 4) is 17.2 Å². The van der Waals surface area contributed by atoms with Gasteiger partial charge in [0.05, 0.1) is 18.7 Å². The van der Waals surface area contributed by atoms with Gasteiger partial charge in [-0.25, -0.2) is 0 Å². The van der Waals surface area contributed by atoms with Crippen molar-refractivity contribution in [2.45, 2.75) is 19.8 Å². The number of benzene rings is 2. The Morgan fingerprint density at radius 3 is 2.39 bits per heavy atom. The van der Waals surface area contributed by atoms with Crippen LogP contribution in [0.4, 0.5) is 5.69 Å². The highest BCUT2D eigenvalue weighted by molar-refractivity contribution is 9.10. The number of rotatable bonds is 9. The predicted octanol–water partition coefficient (Wildman–Crippen LogP) is 3.76. The van der Waals surface area contributed by atoms with Crippen molar-refractivity contribution in [1.29, 1.82) is 0 Å². The van der Waals surface area contributed by atoms with E-state index in [1.165, 1.54) is 0 Å². The second kappa shape index (κ2) is 10.8. The second-order valence-corrected chi connectivity index (χ2v) is 7.42. The number of anilines is 1. The van der Waals surface area contributed by atoms with Gasteiger partial charge >= 0.3 is 5.97 Å². The summed E-state index contributed by atoms with van der Waals surface area (Å²) in [7, 11) is 0. The van der Waals surface area contributed by atoms with Crippen molar-refractivity contribution >= 4 is 39.3 Å². The van der Waals surface area contributed by atoms with Crippen LogP contribution in [-0.4, -0.2) is 44.1 Å². The molecule has 2 aromatic carbocycles. The summed E-state index contributed by atoms with van der Waals surface area (Å²) in [6.45, 7) is 2.84. The molecule has 1 heterocycles. The number of halogens is 1. The van der Waals surface area contributed by atoms with E-state index in [1.807, 2.05) is 6.92 Å². The van der Waals surface area contributed by atoms with E-state index < -0.39 is 18.5 Å². The molecule has 0 aliphatic carbocycles. The summed E-state index contributed by atoms with van der Waals surface area (Å²) in [5.41, 5.74) is 0.952. The zero-order valence-corrected chi connectivity index (χ0v) is 18.5. The van der Waals surface area contributed by atoms with Gasteiger partial charge in [-0.3, -0.25) is 14.4 Å². The fourth-order valence-electron chi connectivity index (χ4n) is 2.83. The van der Waals surface area contributed by atoms with Crippen LogP contribution in [0.15, 0.2) is 40.9 Å². The molecule has 31 heavy (non-hydrogen) atoms. The van der Waals surface area contributed by atoms with E-state index in [4.69, 9.17) is 18.9 Å². The average molecular weight is 492 g/mol. The Morgan fingerprint density at radius 2 is 1.71 bits per heavy atom. The van der Waals surface area contributed by atoms with E-state index in [1.54, 1.807) is 36.4 Å². The van der Waals surface area contributed by atoms with Gasteiger partial charge in [-0.2, -0.15) is 0 Å². The molecule has 0 bridgehead atoms. The minimum Gasteiger partial charge on any atom is -0.494 e. The molecule has 164 valence electrons. The summed E-state index contributed by atoms with van der Waals surface area (Å²) in [5.74, 6) is 0.451. The number of esters is 1. The number of carbonyl (C=O) groups excluding carboxylic acids is 3. The lowest BCUT2D eigenvalue weighted by atomic mass is 10.1. The van der Waals surface area contributed by atoms with Crippen molar-refractivity contribution in [2.24, 2.45) is 0 Å². The number of Topliss-reactive ketones (excluding diaryl/α,β-unsaturated/α-hetero) is 1. The molecule has 0 radical (unpaired) electrons. The van der Waals surface area contributed by atoms with Crippen molar-refractivity contribution < 1.29 is 33.3 Å². The molecule has 0 saturated carbocycles. The molecule has 1 aliphatic rings. The van der Waals surface area contributed by atoms with Crippen molar-refractivity contribution in [3.05, 3.63) is 46.4 Å². The Labute approximate surface area is 187 Å². The summed E-state index contributed by atoms with van der Waals surface area (Å²) >= 11 is 3.36. The van der Waals surface area contributed by atoms with Gasteiger partial charge in [-0.05, 0) is 47.1 Å². The Morgan fingerprint density at radius 1 is 1.03 bits per heavy atom. The molecule has 3 rings (SSSR count). The van der Waals surface area contributed by atoms with E-state index >= 15 is 0 Å². The Kier molecular flexibility index (Phi) is 7.88. The number of amides is 1. The topological polar surface area (TPSA) is 100 Å². The van der Waals surface area contributed by atoms with E-state index in [9.17, 15) is 14.4 Å². The third-order valence-electron chi connectivity index (χ3n) is 4.31. The van der Waals surface area contributed by atoms with Crippen LogP contribution in [0.3, 0.4) is 0 Å². The fraction of sp³-hybridized carbons (Fsp3) is 0.318. The van der Waals surface area contributed by atoms with Crippen LogP contribution in [0.1, 0.15) is 30.1 Å². The summed E-state index contributed by atoms with van der Waals surface area (Å²) in [5, 5.41) is 2.64. The molecule has 0 aromatic heterocycles. The number of hydrogen-bond donors (Lipinski definition) is 1. The van der Waals surface area contributed by atoms with Gasteiger partial charge in [0, 0.05) is 28.6 Å². The van der Waals surface area contributed by atoms with Gasteiger partial charge in [0.15, 0.2) is 23.9 Å². The smallest absolute Gasteiger partial charge is 0.306 e. The molecule has 0 unspecified atom stereocenters. The molecular weight excluding hydrogens is 470 g/mol. The Hall–Kier alpha value is -3.07. The van der Waals surface area contributed by atoms with Crippen LogP contribution in [0, 0.1) is 0 Å². The highest BCUT2D eigenvalue weighted by Crippen LogP contribution is 2.38. The average Bonchev–Trinajstić information content (AvgIpc) is 2.77. The lowest BCUT2D eigenvalue weighted by Crippen LogP contribution is -2.22. The maximum atomic E-state index is 12.2. The van der Waals surface area contributed by atoms with E-state index in [0.29, 0.717) is 52.8 Å². The first kappa shape index (κ1) is 22.6. The number of nitrogens with one attached hydrogen (secondary N) is 1. The van der Waals surface area contributed by atoms with Gasteiger partial charge in [0.25, 0.3) is 5.91 Å². The van der Waals surface area contributed by atoms with Crippen LogP contribution >= 0.6 is 15.9 Å². The van der Waals surface area contributed by atoms with Crippen molar-refractivity contribution in [1.82, 2.24) is 0 Å². The zero-order chi connectivity index (χ0) is 22.2. The van der Waals surface area contributed by atoms with E-state index in [-0.39, 0.29) is 18.6 Å². The zero-order valence-electron chi connectivity index (χ0n) is 16.9. The lowest BCUT2D eigenvalue weighted by Gasteiger charge is -2.20. The molecule has 1 amide bonds. The van der Waals surface area contributed by atoms with Crippen LogP contribution in [0.5, 0.6) is 17.2 Å². The number of ether oxygens (including phenoxy) is 4. The molecule has 0 atom stereocenters. The molecule has 0 fully saturated rings. The van der Waals surface area contributed by atoms with Gasteiger partial charge in [-0.15, -0.1) is 0 Å². The predicted molar refractivity (Wildman–Crippen MR) is 116 cm³/mol. The molecule has 0 spiro atoms. The van der Waals surface area contributed by atoms with Crippen LogP contribution in [0.25, 0.3) is 0 Å². The Bertz CT molecular complexity index is 959. The normalized spacial score (nSPS) is 12.1. The second-order valence-electron chi connectivity index (χ2n) is 6.57. The van der Waals surface area contributed by atoms with Crippen LogP contribution in [0.2, 0.25) is 0 Å². The molecule has 2 aromatic rings. The molecule has 0 saturated heterocycles. The Balaban J connectivity index is 1.43. The van der Waals surface area contributed by atoms with Gasteiger partial charge in [0.2, 0.25) is 0 Å². The van der Waals surface area contributed by atoms with Gasteiger partial charge < -0.3 is 24.3 Å². The summed E-state index contributed by atoms with van der Waals surface area (Å²) in [6, 6.07) is 10.0.